The Morgan fingerprint density at radius 3 is 1.61 bits per heavy atom. The fourth-order valence-electron chi connectivity index (χ4n) is 10.3. The highest BCUT2D eigenvalue weighted by atomic mass is 16.7. The standard InChI is InChI=1S/C56H94N4O20/c1-24(2)34(52(73)59-44(27(7)8)41(66)20-35(25(3)4)51(72)58-32(13)54(75)76)19-39(64)31(12)57-50(71)28(9)18-40(65)37-16-15-17-60(37)53(74)36(26(5)6)21-38(63)29(10)33(14)77-55-30(11)49(46(68)43(23-62)78-55)80-56-48(70)47(69)45(67)42(22-61)79-56/h24-37,42-49,55-56,61-62,67-70H,15-23H2,1-14H3,(H,57,71)(H,58,72)(H,59,73)(H,75,76)/p-1/t28?,29-,30?,31-,32-,33?,34?,35?,36?,37-,42?,43?,44-,45-,46-,47-,48?,49+,55-,56-/m0/s1. The molecule has 0 aliphatic carbocycles. The van der Waals surface area contributed by atoms with Crippen LogP contribution in [0.25, 0.3) is 0 Å². The molecule has 24 heteroatoms. The van der Waals surface area contributed by atoms with Crippen molar-refractivity contribution >= 4 is 52.7 Å². The van der Waals surface area contributed by atoms with Gasteiger partial charge in [0, 0.05) is 67.7 Å². The van der Waals surface area contributed by atoms with Crippen molar-refractivity contribution in [2.75, 3.05) is 19.8 Å². The molecule has 3 aliphatic rings. The average molecular weight is 1140 g/mol. The molecule has 24 nitrogen and oxygen atoms in total. The predicted octanol–water partition coefficient (Wildman–Crippen LogP) is -0.892. The van der Waals surface area contributed by atoms with E-state index in [1.165, 1.54) is 25.7 Å². The Morgan fingerprint density at radius 2 is 1.09 bits per heavy atom. The van der Waals surface area contributed by atoms with E-state index in [9.17, 15) is 78.9 Å². The van der Waals surface area contributed by atoms with Crippen molar-refractivity contribution in [1.82, 2.24) is 20.9 Å². The van der Waals surface area contributed by atoms with Crippen LogP contribution in [0, 0.1) is 59.2 Å². The van der Waals surface area contributed by atoms with Gasteiger partial charge >= 0.3 is 0 Å². The number of hydrogen-bond acceptors (Lipinski definition) is 20. The van der Waals surface area contributed by atoms with Gasteiger partial charge in [0.05, 0.1) is 55.6 Å². The number of Topliss-reactive ketones (excluding diaryl/α,β-unsaturated/α-hetero) is 4. The van der Waals surface area contributed by atoms with Crippen molar-refractivity contribution in [3.05, 3.63) is 0 Å². The SMILES string of the molecule is CC(CC(=O)[C@@H]1CCCN1C(=O)C(CC(=O)[C@@H](C)C(C)O[C@H]1OC(CO)[C@H](O)[C@H](O[C@@H]2OC(CO)[C@H](O)[C@H](O)C2O)C1C)C(C)C)C(=O)N[C@@H](C)C(=O)CC(C(=O)N[C@H](C(=O)CC(C(=O)N[C@@H](C)C(=O)[O-])C(C)C)C(C)C)C(C)C. The van der Waals surface area contributed by atoms with Gasteiger partial charge in [0.1, 0.15) is 42.4 Å². The minimum absolute atomic E-state index is 0.209. The number of aliphatic hydroxyl groups is 6. The van der Waals surface area contributed by atoms with E-state index in [0.29, 0.717) is 12.8 Å². The molecule has 3 saturated heterocycles. The maximum absolute atomic E-state index is 14.3. The zero-order valence-corrected chi connectivity index (χ0v) is 49.1. The second kappa shape index (κ2) is 31.3. The van der Waals surface area contributed by atoms with Crippen LogP contribution < -0.4 is 21.1 Å². The molecule has 3 aliphatic heterocycles. The lowest BCUT2D eigenvalue weighted by atomic mass is 9.84. The largest absolute Gasteiger partial charge is 0.548 e. The van der Waals surface area contributed by atoms with Crippen molar-refractivity contribution in [1.29, 1.82) is 0 Å². The van der Waals surface area contributed by atoms with Crippen LogP contribution in [0.2, 0.25) is 0 Å². The van der Waals surface area contributed by atoms with Gasteiger partial charge in [-0.1, -0.05) is 76.2 Å². The number of carbonyl (C=O) groups is 9. The number of aliphatic hydroxyl groups excluding tert-OH is 6. The van der Waals surface area contributed by atoms with Crippen LogP contribution in [0.5, 0.6) is 0 Å². The van der Waals surface area contributed by atoms with Crippen LogP contribution in [0.3, 0.4) is 0 Å². The lowest BCUT2D eigenvalue weighted by Gasteiger charge is -2.47. The fraction of sp³-hybridized carbons (Fsp3) is 0.839. The molecule has 0 radical (unpaired) electrons. The van der Waals surface area contributed by atoms with Crippen LogP contribution in [0.1, 0.15) is 135 Å². The Labute approximate surface area is 470 Å². The van der Waals surface area contributed by atoms with Gasteiger partial charge in [0.2, 0.25) is 23.6 Å². The number of carboxylic acids is 1. The van der Waals surface area contributed by atoms with Crippen LogP contribution in [-0.4, -0.2) is 194 Å². The molecule has 9 unspecified atom stereocenters. The number of nitrogens with zero attached hydrogens (tertiary/aromatic N) is 1. The summed E-state index contributed by atoms with van der Waals surface area (Å²) in [6, 6.07) is -4.26. The van der Waals surface area contributed by atoms with Crippen LogP contribution in [-0.2, 0) is 62.1 Å². The first-order valence-electron chi connectivity index (χ1n) is 28.3. The molecule has 3 rings (SSSR count). The maximum atomic E-state index is 14.3. The van der Waals surface area contributed by atoms with E-state index in [4.69, 9.17) is 18.9 Å². The Kier molecular flexibility index (Phi) is 27.4. The Morgan fingerprint density at radius 1 is 0.588 bits per heavy atom. The summed E-state index contributed by atoms with van der Waals surface area (Å²) in [5, 5.41) is 81.0. The van der Waals surface area contributed by atoms with Crippen molar-refractivity contribution in [2.45, 2.75) is 221 Å². The molecule has 0 bridgehead atoms. The Balaban J connectivity index is 1.62. The van der Waals surface area contributed by atoms with E-state index in [1.807, 2.05) is 0 Å². The van der Waals surface area contributed by atoms with E-state index in [2.05, 4.69) is 16.0 Å². The predicted molar refractivity (Wildman–Crippen MR) is 284 cm³/mol. The van der Waals surface area contributed by atoms with Gasteiger partial charge in [-0.25, -0.2) is 0 Å². The minimum atomic E-state index is -1.78. The van der Waals surface area contributed by atoms with Crippen molar-refractivity contribution in [3.63, 3.8) is 0 Å². The maximum Gasteiger partial charge on any atom is 0.226 e. The van der Waals surface area contributed by atoms with Gasteiger partial charge in [0.25, 0.3) is 0 Å². The van der Waals surface area contributed by atoms with E-state index < -0.39 is 181 Å². The zero-order valence-electron chi connectivity index (χ0n) is 49.1. The third-order valence-electron chi connectivity index (χ3n) is 16.3. The summed E-state index contributed by atoms with van der Waals surface area (Å²) in [6.07, 6.45) is -14.4. The van der Waals surface area contributed by atoms with Gasteiger partial charge < -0.3 is 80.3 Å². The Bertz CT molecular complexity index is 2120. The number of nitrogens with one attached hydrogen (secondary N) is 3. The van der Waals surface area contributed by atoms with Gasteiger partial charge in [-0.2, -0.15) is 0 Å². The number of aliphatic carboxylic acids is 1. The van der Waals surface area contributed by atoms with Crippen LogP contribution in [0.15, 0.2) is 0 Å². The Hall–Kier alpha value is -4.37. The number of carboxylic acid groups (broad SMARTS) is 1. The number of carbonyl (C=O) groups excluding carboxylic acids is 9. The van der Waals surface area contributed by atoms with E-state index in [-0.39, 0.29) is 61.5 Å². The first-order chi connectivity index (χ1) is 37.2. The summed E-state index contributed by atoms with van der Waals surface area (Å²) >= 11 is 0. The van der Waals surface area contributed by atoms with Gasteiger partial charge in [-0.05, 0) is 57.3 Å². The quantitative estimate of drug-likeness (QED) is 0.0406. The summed E-state index contributed by atoms with van der Waals surface area (Å²) in [5.74, 6) is -12.1. The monoisotopic (exact) mass is 1140 g/mol. The zero-order chi connectivity index (χ0) is 60.9. The van der Waals surface area contributed by atoms with Gasteiger partial charge in [-0.3, -0.25) is 38.4 Å². The number of hydrogen-bond donors (Lipinski definition) is 9. The fourth-order valence-corrected chi connectivity index (χ4v) is 10.3. The molecular formula is C56H93N4O20-. The minimum Gasteiger partial charge on any atom is -0.548 e. The molecule has 0 spiro atoms. The second-order valence-electron chi connectivity index (χ2n) is 23.8. The molecule has 458 valence electrons. The summed E-state index contributed by atoms with van der Waals surface area (Å²) in [4.78, 5) is 122. The molecule has 0 aromatic rings. The third-order valence-corrected chi connectivity index (χ3v) is 16.3. The molecule has 80 heavy (non-hydrogen) atoms. The summed E-state index contributed by atoms with van der Waals surface area (Å²) in [6.45, 7) is 21.8. The summed E-state index contributed by atoms with van der Waals surface area (Å²) in [5.41, 5.74) is 0. The first-order valence-corrected chi connectivity index (χ1v) is 28.3. The normalized spacial score (nSPS) is 28.8. The number of likely N-dealkylation sites (tertiary alicyclic amines) is 1. The molecule has 9 N–H and O–H groups in total. The smallest absolute Gasteiger partial charge is 0.226 e. The third kappa shape index (κ3) is 18.3. The highest BCUT2D eigenvalue weighted by Crippen LogP contribution is 2.35. The molecular weight excluding hydrogens is 1050 g/mol. The summed E-state index contributed by atoms with van der Waals surface area (Å²) < 4.78 is 23.5. The van der Waals surface area contributed by atoms with Crippen molar-refractivity contribution in [3.8, 4) is 0 Å². The molecule has 0 aromatic heterocycles. The van der Waals surface area contributed by atoms with Gasteiger partial charge in [0.15, 0.2) is 29.9 Å². The van der Waals surface area contributed by atoms with E-state index >= 15 is 0 Å². The molecule has 3 fully saturated rings. The lowest BCUT2D eigenvalue weighted by molar-refractivity contribution is -0.354. The van der Waals surface area contributed by atoms with Crippen molar-refractivity contribution in [2.24, 2.45) is 59.2 Å². The van der Waals surface area contributed by atoms with E-state index in [1.54, 1.807) is 76.2 Å². The van der Waals surface area contributed by atoms with E-state index in [0.717, 1.165) is 0 Å². The average Bonchev–Trinajstić information content (AvgIpc) is 3.89. The lowest BCUT2D eigenvalue weighted by Crippen LogP contribution is -2.63. The first kappa shape index (κ1) is 69.9. The van der Waals surface area contributed by atoms with Gasteiger partial charge in [-0.15, -0.1) is 0 Å². The summed E-state index contributed by atoms with van der Waals surface area (Å²) in [7, 11) is 0. The molecule has 4 amide bonds. The molecule has 3 heterocycles. The number of ether oxygens (including phenoxy) is 4. The highest BCUT2D eigenvalue weighted by Gasteiger charge is 2.51. The number of rotatable bonds is 31. The highest BCUT2D eigenvalue weighted by molar-refractivity contribution is 5.98. The molecule has 20 atom stereocenters. The number of amides is 4. The number of ketones is 4. The second-order valence-corrected chi connectivity index (χ2v) is 23.8. The van der Waals surface area contributed by atoms with Crippen molar-refractivity contribution < 1.29 is 97.8 Å². The molecule has 0 aromatic carbocycles. The molecule has 0 saturated carbocycles. The van der Waals surface area contributed by atoms with Crippen LogP contribution >= 0.6 is 0 Å². The van der Waals surface area contributed by atoms with Crippen LogP contribution in [0.4, 0.5) is 0 Å². The topological polar surface area (TPSA) is 374 Å².